The molecule has 1 amide bonds. The lowest BCUT2D eigenvalue weighted by molar-refractivity contribution is -0.117. The van der Waals surface area contributed by atoms with Crippen LogP contribution in [0, 0.1) is 5.92 Å². The van der Waals surface area contributed by atoms with E-state index in [-0.39, 0.29) is 18.4 Å². The van der Waals surface area contributed by atoms with Gasteiger partial charge in [0.2, 0.25) is 11.8 Å². The fourth-order valence-corrected chi connectivity index (χ4v) is 1.81. The highest BCUT2D eigenvalue weighted by Crippen LogP contribution is 2.24. The van der Waals surface area contributed by atoms with Crippen LogP contribution in [0.2, 0.25) is 0 Å². The third-order valence-corrected chi connectivity index (χ3v) is 2.70. The zero-order valence-electron chi connectivity index (χ0n) is 9.09. The molecule has 0 bridgehead atoms. The Bertz CT molecular complexity index is 377. The highest BCUT2D eigenvalue weighted by molar-refractivity contribution is 5.95. The van der Waals surface area contributed by atoms with Gasteiger partial charge in [0.05, 0.1) is 19.0 Å². The smallest absolute Gasteiger partial charge is 0.227 e. The Hall–Kier alpha value is -1.62. The molecular formula is C11H14N2O3. The van der Waals surface area contributed by atoms with Crippen LogP contribution in [0.5, 0.6) is 5.88 Å². The van der Waals surface area contributed by atoms with Crippen molar-refractivity contribution in [1.29, 1.82) is 0 Å². The van der Waals surface area contributed by atoms with Gasteiger partial charge < -0.3 is 14.7 Å². The predicted molar refractivity (Wildman–Crippen MR) is 58.3 cm³/mol. The molecule has 1 N–H and O–H groups in total. The molecule has 0 spiro atoms. The molecule has 1 aliphatic heterocycles. The summed E-state index contributed by atoms with van der Waals surface area (Å²) in [6.45, 7) is 0.606. The monoisotopic (exact) mass is 222 g/mol. The van der Waals surface area contributed by atoms with E-state index in [0.29, 0.717) is 18.8 Å². The second-order valence-electron chi connectivity index (χ2n) is 3.82. The summed E-state index contributed by atoms with van der Waals surface area (Å²) in [7, 11) is 1.55. The summed E-state index contributed by atoms with van der Waals surface area (Å²) < 4.78 is 4.95. The Kier molecular flexibility index (Phi) is 3.05. The van der Waals surface area contributed by atoms with Gasteiger partial charge in [0.25, 0.3) is 0 Å². The summed E-state index contributed by atoms with van der Waals surface area (Å²) in [6, 6.07) is 3.51. The molecule has 1 fully saturated rings. The molecule has 1 aromatic heterocycles. The van der Waals surface area contributed by atoms with Crippen LogP contribution in [0.25, 0.3) is 0 Å². The van der Waals surface area contributed by atoms with Crippen molar-refractivity contribution in [2.75, 3.05) is 25.2 Å². The standard InChI is InChI=1S/C11H14N2O3/c1-16-10-3-2-9(5-12-10)13-6-8(7-14)4-11(13)15/h2-3,5,8,14H,4,6-7H2,1H3. The average Bonchev–Trinajstić information content (AvgIpc) is 2.71. The van der Waals surface area contributed by atoms with Gasteiger partial charge in [-0.05, 0) is 6.07 Å². The minimum atomic E-state index is 0.0333. The zero-order valence-corrected chi connectivity index (χ0v) is 9.09. The number of aliphatic hydroxyl groups is 1. The van der Waals surface area contributed by atoms with Crippen LogP contribution in [0.15, 0.2) is 18.3 Å². The highest BCUT2D eigenvalue weighted by atomic mass is 16.5. The summed E-state index contributed by atoms with van der Waals surface area (Å²) in [6.07, 6.45) is 2.01. The molecule has 2 rings (SSSR count). The van der Waals surface area contributed by atoms with E-state index in [1.165, 1.54) is 0 Å². The molecular weight excluding hydrogens is 208 g/mol. The summed E-state index contributed by atoms with van der Waals surface area (Å²) in [5.74, 6) is 0.592. The van der Waals surface area contributed by atoms with Crippen LogP contribution in [0.1, 0.15) is 6.42 Å². The Morgan fingerprint density at radius 3 is 2.94 bits per heavy atom. The van der Waals surface area contributed by atoms with Gasteiger partial charge >= 0.3 is 0 Å². The number of nitrogens with zero attached hydrogens (tertiary/aromatic N) is 2. The summed E-state index contributed by atoms with van der Waals surface area (Å²) in [5.41, 5.74) is 0.752. The van der Waals surface area contributed by atoms with Gasteiger partial charge in [0.1, 0.15) is 0 Å². The molecule has 1 atom stereocenters. The van der Waals surface area contributed by atoms with Gasteiger partial charge in [-0.1, -0.05) is 0 Å². The first kappa shape index (κ1) is 10.9. The van der Waals surface area contributed by atoms with E-state index in [1.54, 1.807) is 30.3 Å². The quantitative estimate of drug-likeness (QED) is 0.805. The van der Waals surface area contributed by atoms with Crippen molar-refractivity contribution >= 4 is 11.6 Å². The van der Waals surface area contributed by atoms with Gasteiger partial charge in [-0.2, -0.15) is 0 Å². The van der Waals surface area contributed by atoms with Crippen molar-refractivity contribution in [3.8, 4) is 5.88 Å². The third kappa shape index (κ3) is 1.99. The number of methoxy groups -OCH3 is 1. The van der Waals surface area contributed by atoms with Gasteiger partial charge in [0, 0.05) is 31.6 Å². The van der Waals surface area contributed by atoms with Gasteiger partial charge in [0.15, 0.2) is 0 Å². The molecule has 1 saturated heterocycles. The number of aliphatic hydroxyl groups excluding tert-OH is 1. The van der Waals surface area contributed by atoms with E-state index in [4.69, 9.17) is 9.84 Å². The number of rotatable bonds is 3. The van der Waals surface area contributed by atoms with Crippen LogP contribution < -0.4 is 9.64 Å². The number of ether oxygens (including phenoxy) is 1. The van der Waals surface area contributed by atoms with E-state index >= 15 is 0 Å². The number of amides is 1. The van der Waals surface area contributed by atoms with Crippen LogP contribution in [0.3, 0.4) is 0 Å². The number of pyridine rings is 1. The second-order valence-corrected chi connectivity index (χ2v) is 3.82. The highest BCUT2D eigenvalue weighted by Gasteiger charge is 2.30. The summed E-state index contributed by atoms with van der Waals surface area (Å²) in [5, 5.41) is 9.02. The Balaban J connectivity index is 2.15. The first-order chi connectivity index (χ1) is 7.74. The number of aromatic nitrogens is 1. The first-order valence-corrected chi connectivity index (χ1v) is 5.16. The molecule has 0 aromatic carbocycles. The van der Waals surface area contributed by atoms with Gasteiger partial charge in [-0.15, -0.1) is 0 Å². The van der Waals surface area contributed by atoms with Crippen molar-refractivity contribution in [2.45, 2.75) is 6.42 Å². The van der Waals surface area contributed by atoms with Crippen LogP contribution in [0.4, 0.5) is 5.69 Å². The Morgan fingerprint density at radius 2 is 2.44 bits per heavy atom. The molecule has 0 saturated carbocycles. The minimum Gasteiger partial charge on any atom is -0.481 e. The topological polar surface area (TPSA) is 62.7 Å². The van der Waals surface area contributed by atoms with E-state index in [9.17, 15) is 4.79 Å². The van der Waals surface area contributed by atoms with Crippen LogP contribution in [-0.2, 0) is 4.79 Å². The van der Waals surface area contributed by atoms with E-state index in [2.05, 4.69) is 4.98 Å². The fraction of sp³-hybridized carbons (Fsp3) is 0.455. The second kappa shape index (κ2) is 4.49. The SMILES string of the molecule is COc1ccc(N2CC(CO)CC2=O)cn1. The molecule has 1 aliphatic rings. The number of hydrogen-bond donors (Lipinski definition) is 1. The molecule has 16 heavy (non-hydrogen) atoms. The number of hydrogen-bond acceptors (Lipinski definition) is 4. The maximum atomic E-state index is 11.7. The lowest BCUT2D eigenvalue weighted by Crippen LogP contribution is -2.24. The molecule has 86 valence electrons. The van der Waals surface area contributed by atoms with Crippen LogP contribution in [-0.4, -0.2) is 36.3 Å². The number of anilines is 1. The van der Waals surface area contributed by atoms with E-state index in [1.807, 2.05) is 0 Å². The minimum absolute atomic E-state index is 0.0333. The van der Waals surface area contributed by atoms with Crippen molar-refractivity contribution in [3.63, 3.8) is 0 Å². The van der Waals surface area contributed by atoms with Crippen molar-refractivity contribution in [3.05, 3.63) is 18.3 Å². The summed E-state index contributed by atoms with van der Waals surface area (Å²) in [4.78, 5) is 17.3. The summed E-state index contributed by atoms with van der Waals surface area (Å²) >= 11 is 0. The van der Waals surface area contributed by atoms with Crippen molar-refractivity contribution < 1.29 is 14.6 Å². The molecule has 1 aromatic rings. The lowest BCUT2D eigenvalue weighted by Gasteiger charge is -2.15. The van der Waals surface area contributed by atoms with Crippen molar-refractivity contribution in [2.24, 2.45) is 5.92 Å². The first-order valence-electron chi connectivity index (χ1n) is 5.16. The van der Waals surface area contributed by atoms with Crippen molar-refractivity contribution in [1.82, 2.24) is 4.98 Å². The Morgan fingerprint density at radius 1 is 1.62 bits per heavy atom. The van der Waals surface area contributed by atoms with Gasteiger partial charge in [-0.3, -0.25) is 4.79 Å². The lowest BCUT2D eigenvalue weighted by atomic mass is 10.1. The number of carbonyl (C=O) groups excluding carboxylic acids is 1. The largest absolute Gasteiger partial charge is 0.481 e. The molecule has 5 heteroatoms. The van der Waals surface area contributed by atoms with E-state index in [0.717, 1.165) is 5.69 Å². The fourth-order valence-electron chi connectivity index (χ4n) is 1.81. The molecule has 1 unspecified atom stereocenters. The molecule has 5 nitrogen and oxygen atoms in total. The number of carbonyl (C=O) groups is 1. The maximum Gasteiger partial charge on any atom is 0.227 e. The molecule has 2 heterocycles. The van der Waals surface area contributed by atoms with Crippen LogP contribution >= 0.6 is 0 Å². The molecule has 0 radical (unpaired) electrons. The van der Waals surface area contributed by atoms with Gasteiger partial charge in [-0.25, -0.2) is 4.98 Å². The average molecular weight is 222 g/mol. The third-order valence-electron chi connectivity index (χ3n) is 2.70. The zero-order chi connectivity index (χ0) is 11.5. The predicted octanol–water partition coefficient (Wildman–Crippen LogP) is 0.435. The van der Waals surface area contributed by atoms with E-state index < -0.39 is 0 Å². The molecule has 0 aliphatic carbocycles. The normalized spacial score (nSPS) is 20.2. The Labute approximate surface area is 93.7 Å². The maximum absolute atomic E-state index is 11.7.